The fourth-order valence-electron chi connectivity index (χ4n) is 2.41. The van der Waals surface area contributed by atoms with Gasteiger partial charge in [-0.15, -0.1) is 0 Å². The molecule has 0 radical (unpaired) electrons. The molecule has 0 saturated carbocycles. The lowest BCUT2D eigenvalue weighted by Crippen LogP contribution is -2.16. The minimum atomic E-state index is -0.941. The van der Waals surface area contributed by atoms with Gasteiger partial charge in [-0.1, -0.05) is 36.4 Å². The van der Waals surface area contributed by atoms with Crippen LogP contribution in [0.1, 0.15) is 24.0 Å². The van der Waals surface area contributed by atoms with Gasteiger partial charge in [-0.3, -0.25) is 4.79 Å². The fourth-order valence-corrected chi connectivity index (χ4v) is 2.41. The van der Waals surface area contributed by atoms with E-state index in [0.717, 1.165) is 5.56 Å². The molecular weight excluding hydrogens is 256 g/mol. The van der Waals surface area contributed by atoms with Gasteiger partial charge in [0.2, 0.25) is 0 Å². The summed E-state index contributed by atoms with van der Waals surface area (Å²) in [5, 5.41) is 9.40. The van der Waals surface area contributed by atoms with Gasteiger partial charge in [-0.05, 0) is 19.1 Å². The summed E-state index contributed by atoms with van der Waals surface area (Å²) >= 11 is 0. The molecule has 0 spiro atoms. The topological polar surface area (TPSA) is 55.8 Å². The highest BCUT2D eigenvalue weighted by Gasteiger charge is 2.36. The highest BCUT2D eigenvalue weighted by molar-refractivity contribution is 5.90. The lowest BCUT2D eigenvalue weighted by Gasteiger charge is -2.16. The Morgan fingerprint density at radius 3 is 2.50 bits per heavy atom. The molecule has 4 heteroatoms. The van der Waals surface area contributed by atoms with Gasteiger partial charge in [0.05, 0.1) is 0 Å². The SMILES string of the molecule is CC(O)Oc1ccccc1C1C(=O)Oc2ccccc21. The molecule has 102 valence electrons. The van der Waals surface area contributed by atoms with E-state index in [2.05, 4.69) is 0 Å². The molecule has 0 aromatic heterocycles. The van der Waals surface area contributed by atoms with Crippen molar-refractivity contribution in [1.82, 2.24) is 0 Å². The van der Waals surface area contributed by atoms with E-state index in [-0.39, 0.29) is 5.97 Å². The molecule has 2 aromatic carbocycles. The molecule has 20 heavy (non-hydrogen) atoms. The molecule has 0 amide bonds. The average molecular weight is 270 g/mol. The molecule has 1 aliphatic rings. The number of esters is 1. The Hall–Kier alpha value is -2.33. The zero-order chi connectivity index (χ0) is 14.1. The monoisotopic (exact) mass is 270 g/mol. The Bertz CT molecular complexity index is 648. The van der Waals surface area contributed by atoms with Gasteiger partial charge in [0.25, 0.3) is 0 Å². The predicted octanol–water partition coefficient (Wildman–Crippen LogP) is 2.45. The Morgan fingerprint density at radius 1 is 1.10 bits per heavy atom. The van der Waals surface area contributed by atoms with Crippen LogP contribution in [0.25, 0.3) is 0 Å². The van der Waals surface area contributed by atoms with Crippen LogP contribution < -0.4 is 9.47 Å². The van der Waals surface area contributed by atoms with Crippen molar-refractivity contribution in [1.29, 1.82) is 0 Å². The van der Waals surface area contributed by atoms with Gasteiger partial charge in [0.15, 0.2) is 6.29 Å². The number of ether oxygens (including phenoxy) is 2. The van der Waals surface area contributed by atoms with Gasteiger partial charge in [0.1, 0.15) is 17.4 Å². The van der Waals surface area contributed by atoms with Crippen molar-refractivity contribution >= 4 is 5.97 Å². The summed E-state index contributed by atoms with van der Waals surface area (Å²) < 4.78 is 10.6. The van der Waals surface area contributed by atoms with E-state index in [4.69, 9.17) is 9.47 Å². The molecule has 0 saturated heterocycles. The van der Waals surface area contributed by atoms with Crippen molar-refractivity contribution in [3.05, 3.63) is 59.7 Å². The summed E-state index contributed by atoms with van der Waals surface area (Å²) in [6, 6.07) is 14.5. The second-order valence-corrected chi connectivity index (χ2v) is 4.65. The first-order valence-electron chi connectivity index (χ1n) is 6.41. The van der Waals surface area contributed by atoms with Crippen LogP contribution in [0.3, 0.4) is 0 Å². The highest BCUT2D eigenvalue weighted by Crippen LogP contribution is 2.42. The number of rotatable bonds is 3. The molecule has 0 aliphatic carbocycles. The van der Waals surface area contributed by atoms with Crippen molar-refractivity contribution < 1.29 is 19.4 Å². The van der Waals surface area contributed by atoms with E-state index in [1.54, 1.807) is 18.2 Å². The highest BCUT2D eigenvalue weighted by atomic mass is 16.6. The predicted molar refractivity (Wildman–Crippen MR) is 72.7 cm³/mol. The van der Waals surface area contributed by atoms with E-state index in [1.807, 2.05) is 30.3 Å². The second-order valence-electron chi connectivity index (χ2n) is 4.65. The fraction of sp³-hybridized carbons (Fsp3) is 0.188. The van der Waals surface area contributed by atoms with E-state index < -0.39 is 12.2 Å². The third-order valence-corrected chi connectivity index (χ3v) is 3.20. The van der Waals surface area contributed by atoms with Crippen molar-refractivity contribution in [3.63, 3.8) is 0 Å². The zero-order valence-electron chi connectivity index (χ0n) is 10.9. The van der Waals surface area contributed by atoms with Gasteiger partial charge < -0.3 is 14.6 Å². The number of carbonyl (C=O) groups is 1. The number of carbonyl (C=O) groups excluding carboxylic acids is 1. The molecule has 3 rings (SSSR count). The molecule has 0 fully saturated rings. The quantitative estimate of drug-likeness (QED) is 0.529. The molecule has 2 unspecified atom stereocenters. The van der Waals surface area contributed by atoms with Crippen LogP contribution in [-0.4, -0.2) is 17.4 Å². The lowest BCUT2D eigenvalue weighted by molar-refractivity contribution is -0.133. The van der Waals surface area contributed by atoms with E-state index in [0.29, 0.717) is 17.1 Å². The van der Waals surface area contributed by atoms with E-state index >= 15 is 0 Å². The number of para-hydroxylation sites is 2. The molecule has 1 aliphatic heterocycles. The number of hydrogen-bond donors (Lipinski definition) is 1. The summed E-state index contributed by atoms with van der Waals surface area (Å²) in [4.78, 5) is 12.1. The van der Waals surface area contributed by atoms with Crippen molar-refractivity contribution in [3.8, 4) is 11.5 Å². The van der Waals surface area contributed by atoms with Crippen LogP contribution >= 0.6 is 0 Å². The number of aliphatic hydroxyl groups excluding tert-OH is 1. The van der Waals surface area contributed by atoms with Crippen molar-refractivity contribution in [2.24, 2.45) is 0 Å². The molecular formula is C16H14O4. The molecule has 2 atom stereocenters. The van der Waals surface area contributed by atoms with Crippen molar-refractivity contribution in [2.45, 2.75) is 19.1 Å². The molecule has 1 heterocycles. The van der Waals surface area contributed by atoms with Gasteiger partial charge in [-0.2, -0.15) is 0 Å². The standard InChI is InChI=1S/C16H14O4/c1-10(17)19-13-8-4-2-6-11(13)15-12-7-3-5-9-14(12)20-16(15)18/h2-10,15,17H,1H3. The normalized spacial score (nSPS) is 18.3. The molecule has 4 nitrogen and oxygen atoms in total. The zero-order valence-corrected chi connectivity index (χ0v) is 10.9. The van der Waals surface area contributed by atoms with Gasteiger partial charge in [0, 0.05) is 11.1 Å². The Kier molecular flexibility index (Phi) is 3.16. The number of aliphatic hydroxyl groups is 1. The summed E-state index contributed by atoms with van der Waals surface area (Å²) in [6.07, 6.45) is -0.941. The minimum Gasteiger partial charge on any atom is -0.465 e. The number of hydrogen-bond acceptors (Lipinski definition) is 4. The average Bonchev–Trinajstić information content (AvgIpc) is 2.75. The van der Waals surface area contributed by atoms with Crippen LogP contribution in [0.15, 0.2) is 48.5 Å². The van der Waals surface area contributed by atoms with Crippen LogP contribution in [0.5, 0.6) is 11.5 Å². The largest absolute Gasteiger partial charge is 0.465 e. The summed E-state index contributed by atoms with van der Waals surface area (Å²) in [5.74, 6) is 0.226. The van der Waals surface area contributed by atoms with Crippen LogP contribution in [-0.2, 0) is 4.79 Å². The molecule has 1 N–H and O–H groups in total. The van der Waals surface area contributed by atoms with Crippen molar-refractivity contribution in [2.75, 3.05) is 0 Å². The third-order valence-electron chi connectivity index (χ3n) is 3.20. The summed E-state index contributed by atoms with van der Waals surface area (Å²) in [6.45, 7) is 1.53. The maximum absolute atomic E-state index is 12.1. The first-order chi connectivity index (χ1) is 9.66. The van der Waals surface area contributed by atoms with Gasteiger partial charge in [-0.25, -0.2) is 0 Å². The first-order valence-corrected chi connectivity index (χ1v) is 6.41. The maximum atomic E-state index is 12.1. The Labute approximate surface area is 116 Å². The smallest absolute Gasteiger partial charge is 0.323 e. The number of fused-ring (bicyclic) bond motifs is 1. The molecule has 0 bridgehead atoms. The Balaban J connectivity index is 2.07. The Morgan fingerprint density at radius 2 is 1.75 bits per heavy atom. The van der Waals surface area contributed by atoms with Gasteiger partial charge >= 0.3 is 5.97 Å². The second kappa shape index (κ2) is 4.98. The summed E-state index contributed by atoms with van der Waals surface area (Å²) in [7, 11) is 0. The minimum absolute atomic E-state index is 0.326. The lowest BCUT2D eigenvalue weighted by atomic mass is 9.92. The maximum Gasteiger partial charge on any atom is 0.323 e. The number of benzene rings is 2. The van der Waals surface area contributed by atoms with Crippen LogP contribution in [0, 0.1) is 0 Å². The van der Waals surface area contributed by atoms with Crippen LogP contribution in [0.4, 0.5) is 0 Å². The summed E-state index contributed by atoms with van der Waals surface area (Å²) in [5.41, 5.74) is 1.52. The molecule has 2 aromatic rings. The van der Waals surface area contributed by atoms with E-state index in [9.17, 15) is 9.90 Å². The van der Waals surface area contributed by atoms with Crippen LogP contribution in [0.2, 0.25) is 0 Å². The van der Waals surface area contributed by atoms with E-state index in [1.165, 1.54) is 6.92 Å². The first kappa shape index (κ1) is 12.7. The third kappa shape index (κ3) is 2.14.